The predicted molar refractivity (Wildman–Crippen MR) is 76.8 cm³/mol. The summed E-state index contributed by atoms with van der Waals surface area (Å²) in [5.41, 5.74) is 0.920. The van der Waals surface area contributed by atoms with Crippen LogP contribution in [0.1, 0.15) is 15.9 Å². The minimum Gasteiger partial charge on any atom is -0.497 e. The minimum atomic E-state index is -0.612. The standard InChI is InChI=1S/C15H12BrFO3/c1-19-11-4-2-10(3-5-11)9-20-12-6-14(16)13(8-18)15(17)7-12/h2-8H,9H2,1H3. The van der Waals surface area contributed by atoms with Gasteiger partial charge in [-0.1, -0.05) is 12.1 Å². The predicted octanol–water partition coefficient (Wildman–Crippen LogP) is 3.99. The van der Waals surface area contributed by atoms with Crippen molar-refractivity contribution < 1.29 is 18.7 Å². The Morgan fingerprint density at radius 2 is 1.90 bits per heavy atom. The van der Waals surface area contributed by atoms with Crippen LogP contribution >= 0.6 is 15.9 Å². The van der Waals surface area contributed by atoms with Crippen LogP contribution in [0.2, 0.25) is 0 Å². The molecule has 0 saturated heterocycles. The number of halogens is 2. The number of methoxy groups -OCH3 is 1. The number of carbonyl (C=O) groups is 1. The van der Waals surface area contributed by atoms with E-state index in [4.69, 9.17) is 9.47 Å². The van der Waals surface area contributed by atoms with Gasteiger partial charge in [-0.3, -0.25) is 4.79 Å². The highest BCUT2D eigenvalue weighted by molar-refractivity contribution is 9.10. The van der Waals surface area contributed by atoms with Crippen molar-refractivity contribution in [1.29, 1.82) is 0 Å². The summed E-state index contributed by atoms with van der Waals surface area (Å²) in [6.45, 7) is 0.302. The molecule has 0 bridgehead atoms. The van der Waals surface area contributed by atoms with Gasteiger partial charge in [-0.05, 0) is 39.7 Å². The Kier molecular flexibility index (Phi) is 4.74. The molecule has 0 aliphatic rings. The molecule has 0 aliphatic carbocycles. The van der Waals surface area contributed by atoms with E-state index in [2.05, 4.69) is 15.9 Å². The van der Waals surface area contributed by atoms with E-state index in [0.717, 1.165) is 11.3 Å². The molecular weight excluding hydrogens is 327 g/mol. The van der Waals surface area contributed by atoms with Gasteiger partial charge in [0.25, 0.3) is 0 Å². The largest absolute Gasteiger partial charge is 0.497 e. The van der Waals surface area contributed by atoms with Crippen LogP contribution in [0.5, 0.6) is 11.5 Å². The third-order valence-corrected chi connectivity index (χ3v) is 3.39. The van der Waals surface area contributed by atoms with Gasteiger partial charge in [0, 0.05) is 10.5 Å². The van der Waals surface area contributed by atoms with E-state index in [-0.39, 0.29) is 5.56 Å². The smallest absolute Gasteiger partial charge is 0.154 e. The van der Waals surface area contributed by atoms with Gasteiger partial charge in [0.1, 0.15) is 23.9 Å². The molecule has 0 radical (unpaired) electrons. The first-order chi connectivity index (χ1) is 9.63. The van der Waals surface area contributed by atoms with Crippen molar-refractivity contribution in [2.75, 3.05) is 7.11 Å². The summed E-state index contributed by atoms with van der Waals surface area (Å²) in [7, 11) is 1.60. The van der Waals surface area contributed by atoms with Gasteiger partial charge in [0.2, 0.25) is 0 Å². The van der Waals surface area contributed by atoms with Crippen LogP contribution < -0.4 is 9.47 Å². The van der Waals surface area contributed by atoms with Crippen molar-refractivity contribution >= 4 is 22.2 Å². The third-order valence-electron chi connectivity index (χ3n) is 2.73. The van der Waals surface area contributed by atoms with Crippen LogP contribution in [0.4, 0.5) is 4.39 Å². The maximum atomic E-state index is 13.6. The lowest BCUT2D eigenvalue weighted by molar-refractivity contribution is 0.111. The summed E-state index contributed by atoms with van der Waals surface area (Å²) < 4.78 is 24.5. The molecule has 0 heterocycles. The van der Waals surface area contributed by atoms with Crippen LogP contribution in [-0.2, 0) is 6.61 Å². The second kappa shape index (κ2) is 6.52. The first-order valence-corrected chi connectivity index (χ1v) is 6.63. The highest BCUT2D eigenvalue weighted by Gasteiger charge is 2.09. The lowest BCUT2D eigenvalue weighted by Gasteiger charge is -2.09. The van der Waals surface area contributed by atoms with Crippen LogP contribution in [-0.4, -0.2) is 13.4 Å². The van der Waals surface area contributed by atoms with Crippen molar-refractivity contribution in [1.82, 2.24) is 0 Å². The molecule has 20 heavy (non-hydrogen) atoms. The summed E-state index contributed by atoms with van der Waals surface area (Å²) in [5, 5.41) is 0. The zero-order valence-electron chi connectivity index (χ0n) is 10.7. The Bertz CT molecular complexity index is 588. The van der Waals surface area contributed by atoms with Gasteiger partial charge in [0.15, 0.2) is 6.29 Å². The number of rotatable bonds is 5. The Balaban J connectivity index is 2.08. The van der Waals surface area contributed by atoms with Crippen LogP contribution in [0, 0.1) is 5.82 Å². The minimum absolute atomic E-state index is 0.0122. The first-order valence-electron chi connectivity index (χ1n) is 5.84. The SMILES string of the molecule is COc1ccc(COc2cc(F)c(C=O)c(Br)c2)cc1. The molecule has 2 rings (SSSR count). The molecule has 0 atom stereocenters. The van der Waals surface area contributed by atoms with E-state index in [1.54, 1.807) is 13.2 Å². The summed E-state index contributed by atoms with van der Waals surface area (Å²) >= 11 is 3.14. The number of hydrogen-bond donors (Lipinski definition) is 0. The molecule has 104 valence electrons. The topological polar surface area (TPSA) is 35.5 Å². The molecule has 5 heteroatoms. The van der Waals surface area contributed by atoms with Gasteiger partial charge >= 0.3 is 0 Å². The second-order valence-corrected chi connectivity index (χ2v) is 4.91. The second-order valence-electron chi connectivity index (χ2n) is 4.06. The van der Waals surface area contributed by atoms with E-state index in [1.165, 1.54) is 6.07 Å². The fourth-order valence-electron chi connectivity index (χ4n) is 1.65. The monoisotopic (exact) mass is 338 g/mol. The summed E-state index contributed by atoms with van der Waals surface area (Å²) in [5.74, 6) is 0.507. The molecule has 0 fully saturated rings. The van der Waals surface area contributed by atoms with E-state index in [0.29, 0.717) is 23.1 Å². The Morgan fingerprint density at radius 1 is 1.20 bits per heavy atom. The van der Waals surface area contributed by atoms with E-state index >= 15 is 0 Å². The molecule has 0 amide bonds. The summed E-state index contributed by atoms with van der Waals surface area (Å²) in [6.07, 6.45) is 0.465. The highest BCUT2D eigenvalue weighted by atomic mass is 79.9. The van der Waals surface area contributed by atoms with Gasteiger partial charge < -0.3 is 9.47 Å². The van der Waals surface area contributed by atoms with Crippen molar-refractivity contribution in [3.05, 3.63) is 57.8 Å². The van der Waals surface area contributed by atoms with Crippen molar-refractivity contribution in [3.63, 3.8) is 0 Å². The maximum absolute atomic E-state index is 13.6. The molecular formula is C15H12BrFO3. The first kappa shape index (κ1) is 14.5. The zero-order valence-corrected chi connectivity index (χ0v) is 12.3. The fraction of sp³-hybridized carbons (Fsp3) is 0.133. The number of carbonyl (C=O) groups excluding carboxylic acids is 1. The number of benzene rings is 2. The van der Waals surface area contributed by atoms with Crippen molar-refractivity contribution in [2.24, 2.45) is 0 Å². The van der Waals surface area contributed by atoms with Gasteiger partial charge in [0.05, 0.1) is 12.7 Å². The normalized spacial score (nSPS) is 10.2. The molecule has 0 saturated carbocycles. The lowest BCUT2D eigenvalue weighted by Crippen LogP contribution is -1.98. The summed E-state index contributed by atoms with van der Waals surface area (Å²) in [6, 6.07) is 10.1. The van der Waals surface area contributed by atoms with Crippen LogP contribution in [0.15, 0.2) is 40.9 Å². The molecule has 3 nitrogen and oxygen atoms in total. The average Bonchev–Trinajstić information content (AvgIpc) is 2.45. The van der Waals surface area contributed by atoms with Gasteiger partial charge in [-0.25, -0.2) is 4.39 Å². The fourth-order valence-corrected chi connectivity index (χ4v) is 2.15. The van der Waals surface area contributed by atoms with Crippen LogP contribution in [0.25, 0.3) is 0 Å². The van der Waals surface area contributed by atoms with Crippen molar-refractivity contribution in [3.8, 4) is 11.5 Å². The van der Waals surface area contributed by atoms with E-state index in [9.17, 15) is 9.18 Å². The quantitative estimate of drug-likeness (QED) is 0.773. The Hall–Kier alpha value is -1.88. The number of hydrogen-bond acceptors (Lipinski definition) is 3. The zero-order chi connectivity index (χ0) is 14.5. The Morgan fingerprint density at radius 3 is 2.45 bits per heavy atom. The van der Waals surface area contributed by atoms with E-state index < -0.39 is 5.82 Å². The van der Waals surface area contributed by atoms with Gasteiger partial charge in [-0.2, -0.15) is 0 Å². The third kappa shape index (κ3) is 3.36. The number of ether oxygens (including phenoxy) is 2. The van der Waals surface area contributed by atoms with Crippen molar-refractivity contribution in [2.45, 2.75) is 6.61 Å². The molecule has 0 unspecified atom stereocenters. The maximum Gasteiger partial charge on any atom is 0.154 e. The Labute approximate surface area is 124 Å². The summed E-state index contributed by atoms with van der Waals surface area (Å²) in [4.78, 5) is 10.7. The molecule has 0 spiro atoms. The average molecular weight is 339 g/mol. The van der Waals surface area contributed by atoms with Gasteiger partial charge in [-0.15, -0.1) is 0 Å². The lowest BCUT2D eigenvalue weighted by atomic mass is 10.2. The van der Waals surface area contributed by atoms with Crippen LogP contribution in [0.3, 0.4) is 0 Å². The molecule has 2 aromatic rings. The molecule has 0 aromatic heterocycles. The highest BCUT2D eigenvalue weighted by Crippen LogP contribution is 2.25. The molecule has 2 aromatic carbocycles. The molecule has 0 N–H and O–H groups in total. The molecule has 0 aliphatic heterocycles. The van der Waals surface area contributed by atoms with E-state index in [1.807, 2.05) is 24.3 Å². The number of aldehydes is 1.